The second kappa shape index (κ2) is 4.30. The Kier molecular flexibility index (Phi) is 3.34. The first-order valence-corrected chi connectivity index (χ1v) is 4.88. The van der Waals surface area contributed by atoms with E-state index < -0.39 is 0 Å². The highest BCUT2D eigenvalue weighted by molar-refractivity contribution is 5.14. The molecule has 0 heterocycles. The number of nitriles is 1. The number of allylic oxidation sites excluding steroid dienone is 2. The van der Waals surface area contributed by atoms with Crippen LogP contribution in [0.2, 0.25) is 0 Å². The van der Waals surface area contributed by atoms with Crippen molar-refractivity contribution in [3.8, 4) is 6.07 Å². The van der Waals surface area contributed by atoms with Gasteiger partial charge in [-0.15, -0.1) is 0 Å². The van der Waals surface area contributed by atoms with Gasteiger partial charge in [-0.1, -0.05) is 31.9 Å². The normalized spacial score (nSPS) is 29.2. The maximum absolute atomic E-state index is 8.87. The molecule has 0 aromatic carbocycles. The minimum absolute atomic E-state index is 0.275. The Labute approximate surface area is 75.1 Å². The van der Waals surface area contributed by atoms with Crippen LogP contribution >= 0.6 is 0 Å². The van der Waals surface area contributed by atoms with E-state index >= 15 is 0 Å². The fourth-order valence-electron chi connectivity index (χ4n) is 1.94. The van der Waals surface area contributed by atoms with Crippen molar-refractivity contribution in [2.75, 3.05) is 0 Å². The standard InChI is InChI=1S/C11H17N/c1-3-5-10-6-4-7-11(8-12)9(10)2/h6,9,11H,3-5,7H2,1-2H3/t9-,11?/m0/s1. The van der Waals surface area contributed by atoms with Gasteiger partial charge in [0, 0.05) is 0 Å². The van der Waals surface area contributed by atoms with Crippen molar-refractivity contribution in [1.82, 2.24) is 0 Å². The molecule has 0 radical (unpaired) electrons. The van der Waals surface area contributed by atoms with E-state index in [1.807, 2.05) is 0 Å². The van der Waals surface area contributed by atoms with Crippen molar-refractivity contribution in [3.05, 3.63) is 11.6 Å². The number of hydrogen-bond acceptors (Lipinski definition) is 1. The molecule has 1 heteroatoms. The Morgan fingerprint density at radius 3 is 3.00 bits per heavy atom. The quantitative estimate of drug-likeness (QED) is 0.573. The third kappa shape index (κ3) is 1.88. The molecule has 1 aliphatic rings. The highest BCUT2D eigenvalue weighted by Gasteiger charge is 2.22. The van der Waals surface area contributed by atoms with E-state index in [2.05, 4.69) is 26.0 Å². The van der Waals surface area contributed by atoms with Gasteiger partial charge in [-0.3, -0.25) is 0 Å². The summed E-state index contributed by atoms with van der Waals surface area (Å²) in [6, 6.07) is 2.40. The van der Waals surface area contributed by atoms with Crippen LogP contribution in [-0.2, 0) is 0 Å². The molecular weight excluding hydrogens is 146 g/mol. The first kappa shape index (κ1) is 9.32. The molecule has 1 unspecified atom stereocenters. The summed E-state index contributed by atoms with van der Waals surface area (Å²) in [5, 5.41) is 8.87. The molecule has 66 valence electrons. The zero-order chi connectivity index (χ0) is 8.97. The minimum Gasteiger partial charge on any atom is -0.198 e. The highest BCUT2D eigenvalue weighted by Crippen LogP contribution is 2.31. The van der Waals surface area contributed by atoms with Crippen molar-refractivity contribution >= 4 is 0 Å². The Morgan fingerprint density at radius 2 is 2.42 bits per heavy atom. The minimum atomic E-state index is 0.275. The fourth-order valence-corrected chi connectivity index (χ4v) is 1.94. The summed E-state index contributed by atoms with van der Waals surface area (Å²) in [5.41, 5.74) is 1.51. The van der Waals surface area contributed by atoms with Gasteiger partial charge in [-0.05, 0) is 25.2 Å². The molecule has 0 fully saturated rings. The molecule has 1 aliphatic carbocycles. The average molecular weight is 163 g/mol. The zero-order valence-electron chi connectivity index (χ0n) is 8.01. The van der Waals surface area contributed by atoms with Gasteiger partial charge in [0.05, 0.1) is 12.0 Å². The molecule has 0 saturated carbocycles. The van der Waals surface area contributed by atoms with Gasteiger partial charge < -0.3 is 0 Å². The van der Waals surface area contributed by atoms with E-state index in [-0.39, 0.29) is 5.92 Å². The van der Waals surface area contributed by atoms with Crippen molar-refractivity contribution in [1.29, 1.82) is 5.26 Å². The van der Waals surface area contributed by atoms with Crippen molar-refractivity contribution in [2.24, 2.45) is 11.8 Å². The van der Waals surface area contributed by atoms with Crippen LogP contribution in [0.4, 0.5) is 0 Å². The molecule has 2 atom stereocenters. The predicted octanol–water partition coefficient (Wildman–Crippen LogP) is 3.28. The van der Waals surface area contributed by atoms with E-state index in [4.69, 9.17) is 5.26 Å². The van der Waals surface area contributed by atoms with Gasteiger partial charge in [-0.2, -0.15) is 5.26 Å². The van der Waals surface area contributed by atoms with E-state index in [9.17, 15) is 0 Å². The second-order valence-electron chi connectivity index (χ2n) is 3.63. The Balaban J connectivity index is 2.63. The molecule has 12 heavy (non-hydrogen) atoms. The molecule has 1 rings (SSSR count). The first-order chi connectivity index (χ1) is 5.79. The maximum atomic E-state index is 8.87. The molecule has 1 nitrogen and oxygen atoms in total. The lowest BCUT2D eigenvalue weighted by Gasteiger charge is -2.24. The third-order valence-electron chi connectivity index (χ3n) is 2.78. The molecular formula is C11H17N. The van der Waals surface area contributed by atoms with Crippen LogP contribution in [0.5, 0.6) is 0 Å². The largest absolute Gasteiger partial charge is 0.198 e. The lowest BCUT2D eigenvalue weighted by atomic mass is 9.79. The topological polar surface area (TPSA) is 23.8 Å². The van der Waals surface area contributed by atoms with Gasteiger partial charge in [0.25, 0.3) is 0 Å². The highest BCUT2D eigenvalue weighted by atomic mass is 14.3. The second-order valence-corrected chi connectivity index (χ2v) is 3.63. The van der Waals surface area contributed by atoms with E-state index in [0.717, 1.165) is 12.8 Å². The summed E-state index contributed by atoms with van der Waals surface area (Å²) in [4.78, 5) is 0. The average Bonchev–Trinajstić information content (AvgIpc) is 2.09. The number of hydrogen-bond donors (Lipinski definition) is 0. The summed E-state index contributed by atoms with van der Waals surface area (Å²) in [6.45, 7) is 4.39. The Hall–Kier alpha value is -0.770. The zero-order valence-corrected chi connectivity index (χ0v) is 8.01. The van der Waals surface area contributed by atoms with Crippen molar-refractivity contribution < 1.29 is 0 Å². The first-order valence-electron chi connectivity index (χ1n) is 4.88. The van der Waals surface area contributed by atoms with Crippen LogP contribution in [0.1, 0.15) is 39.5 Å². The van der Waals surface area contributed by atoms with Gasteiger partial charge in [0.2, 0.25) is 0 Å². The van der Waals surface area contributed by atoms with Crippen molar-refractivity contribution in [2.45, 2.75) is 39.5 Å². The molecule has 0 aromatic rings. The van der Waals surface area contributed by atoms with Crippen LogP contribution in [-0.4, -0.2) is 0 Å². The SMILES string of the molecule is CCCC1=CCCC(C#N)[C@H]1C. The summed E-state index contributed by atoms with van der Waals surface area (Å²) >= 11 is 0. The summed E-state index contributed by atoms with van der Waals surface area (Å²) in [7, 11) is 0. The molecule has 0 bridgehead atoms. The van der Waals surface area contributed by atoms with Crippen LogP contribution in [0.3, 0.4) is 0 Å². The third-order valence-corrected chi connectivity index (χ3v) is 2.78. The smallest absolute Gasteiger partial charge is 0.0662 e. The molecule has 0 aliphatic heterocycles. The lowest BCUT2D eigenvalue weighted by molar-refractivity contribution is 0.432. The van der Waals surface area contributed by atoms with E-state index in [1.165, 1.54) is 18.4 Å². The molecule has 0 aromatic heterocycles. The molecule has 0 N–H and O–H groups in total. The summed E-state index contributed by atoms with van der Waals surface area (Å²) < 4.78 is 0. The molecule has 0 spiro atoms. The molecule has 0 amide bonds. The fraction of sp³-hybridized carbons (Fsp3) is 0.727. The van der Waals surface area contributed by atoms with Crippen molar-refractivity contribution in [3.63, 3.8) is 0 Å². The monoisotopic (exact) mass is 163 g/mol. The van der Waals surface area contributed by atoms with Crippen LogP contribution in [0, 0.1) is 23.2 Å². The van der Waals surface area contributed by atoms with Crippen LogP contribution < -0.4 is 0 Å². The maximum Gasteiger partial charge on any atom is 0.0662 e. The lowest BCUT2D eigenvalue weighted by Crippen LogP contribution is -2.16. The van der Waals surface area contributed by atoms with E-state index in [0.29, 0.717) is 5.92 Å². The van der Waals surface area contributed by atoms with Crippen LogP contribution in [0.25, 0.3) is 0 Å². The van der Waals surface area contributed by atoms with Gasteiger partial charge in [-0.25, -0.2) is 0 Å². The van der Waals surface area contributed by atoms with Gasteiger partial charge >= 0.3 is 0 Å². The van der Waals surface area contributed by atoms with Crippen LogP contribution in [0.15, 0.2) is 11.6 Å². The Bertz CT molecular complexity index is 210. The predicted molar refractivity (Wildman–Crippen MR) is 50.5 cm³/mol. The summed E-state index contributed by atoms with van der Waals surface area (Å²) in [6.07, 6.45) is 6.89. The summed E-state index contributed by atoms with van der Waals surface area (Å²) in [5.74, 6) is 0.778. The number of rotatable bonds is 2. The molecule has 0 saturated heterocycles. The Morgan fingerprint density at radius 1 is 1.67 bits per heavy atom. The number of nitrogens with zero attached hydrogens (tertiary/aromatic N) is 1. The van der Waals surface area contributed by atoms with E-state index in [1.54, 1.807) is 0 Å². The van der Waals surface area contributed by atoms with Gasteiger partial charge in [0.1, 0.15) is 0 Å². The van der Waals surface area contributed by atoms with Gasteiger partial charge in [0.15, 0.2) is 0 Å².